The predicted molar refractivity (Wildman–Crippen MR) is 103 cm³/mol. The van der Waals surface area contributed by atoms with Crippen LogP contribution in [0.15, 0.2) is 10.5 Å². The fourth-order valence-corrected chi connectivity index (χ4v) is 3.60. The van der Waals surface area contributed by atoms with E-state index in [1.165, 1.54) is 5.38 Å². The lowest BCUT2D eigenvalue weighted by molar-refractivity contribution is -0.348. The van der Waals surface area contributed by atoms with Crippen molar-refractivity contribution >= 4 is 45.8 Å². The first-order valence-electron chi connectivity index (χ1n) is 8.98. The van der Waals surface area contributed by atoms with Crippen LogP contribution in [-0.2, 0) is 33.6 Å². The molecule has 0 unspecified atom stereocenters. The first-order valence-corrected chi connectivity index (χ1v) is 9.86. The van der Waals surface area contributed by atoms with Crippen molar-refractivity contribution in [3.63, 3.8) is 0 Å². The molecule has 3 rings (SSSR count). The van der Waals surface area contributed by atoms with Gasteiger partial charge in [-0.3, -0.25) is 9.59 Å². The fraction of sp³-hybridized carbons (Fsp3) is 0.529. The number of hydroxylamine groups is 2. The molecule has 1 aromatic heterocycles. The number of hydrogen-bond donors (Lipinski definition) is 3. The highest BCUT2D eigenvalue weighted by molar-refractivity contribution is 7.13. The SMILES string of the molecule is CC1(C)[C@H](CC(=O)/C(=N\OCC(=O)O)c2csc(N)n2)C(=O)N1OC1(C(=O)O)COC1. The van der Waals surface area contributed by atoms with E-state index >= 15 is 0 Å². The Bertz CT molecular complexity index is 953. The Kier molecular flexibility index (Phi) is 5.98. The molecule has 14 heteroatoms. The van der Waals surface area contributed by atoms with Crippen LogP contribution in [0.1, 0.15) is 26.0 Å². The number of amides is 1. The number of carboxylic acids is 2. The normalized spacial score (nSPS) is 21.7. The van der Waals surface area contributed by atoms with Crippen molar-refractivity contribution in [1.29, 1.82) is 0 Å². The standard InChI is InChI=1S/C17H20N4O9S/c1-16(2)8(13(25)21(16)30-17(14(26)27)6-28-7-17)3-10(22)12(20-29-4-11(23)24)9-5-31-15(18)19-9/h5,8H,3-4,6-7H2,1-2H3,(H2,18,19)(H,23,24)(H,26,27)/b20-12-/t8-/m1/s1. The number of carbonyl (C=O) groups excluding carboxylic acids is 2. The molecule has 2 aliphatic rings. The van der Waals surface area contributed by atoms with Crippen LogP contribution in [0.25, 0.3) is 0 Å². The van der Waals surface area contributed by atoms with Gasteiger partial charge in [0.2, 0.25) is 12.2 Å². The van der Waals surface area contributed by atoms with Crippen molar-refractivity contribution < 1.29 is 43.8 Å². The fourth-order valence-electron chi connectivity index (χ4n) is 3.05. The van der Waals surface area contributed by atoms with Gasteiger partial charge in [0, 0.05) is 11.8 Å². The minimum Gasteiger partial charge on any atom is -0.479 e. The first kappa shape index (κ1) is 22.6. The number of anilines is 1. The summed E-state index contributed by atoms with van der Waals surface area (Å²) in [5, 5.41) is 24.2. The van der Waals surface area contributed by atoms with Crippen molar-refractivity contribution in [3.8, 4) is 0 Å². The molecule has 31 heavy (non-hydrogen) atoms. The lowest BCUT2D eigenvalue weighted by atomic mass is 9.74. The molecule has 0 spiro atoms. The lowest BCUT2D eigenvalue weighted by Gasteiger charge is -2.55. The van der Waals surface area contributed by atoms with Crippen LogP contribution in [0.5, 0.6) is 0 Å². The largest absolute Gasteiger partial charge is 0.479 e. The number of β-lactam (4-membered cyclic amide) rings is 1. The van der Waals surface area contributed by atoms with Gasteiger partial charge in [-0.15, -0.1) is 11.3 Å². The van der Waals surface area contributed by atoms with Gasteiger partial charge in [-0.05, 0) is 13.8 Å². The van der Waals surface area contributed by atoms with E-state index in [4.69, 9.17) is 20.4 Å². The lowest BCUT2D eigenvalue weighted by Crippen LogP contribution is -2.73. The number of Topliss-reactive ketones (excluding diaryl/α,β-unsaturated/α-hetero) is 1. The smallest absolute Gasteiger partial charge is 0.344 e. The first-order chi connectivity index (χ1) is 14.5. The number of aliphatic carboxylic acids is 2. The molecule has 0 aromatic carbocycles. The van der Waals surface area contributed by atoms with E-state index in [-0.39, 0.29) is 36.2 Å². The maximum Gasteiger partial charge on any atom is 0.344 e. The van der Waals surface area contributed by atoms with Crippen molar-refractivity contribution in [2.75, 3.05) is 25.6 Å². The third-order valence-corrected chi connectivity index (χ3v) is 5.64. The van der Waals surface area contributed by atoms with Crippen LogP contribution in [0, 0.1) is 5.92 Å². The highest BCUT2D eigenvalue weighted by Gasteiger charge is 2.61. The Labute approximate surface area is 179 Å². The molecule has 2 saturated heterocycles. The van der Waals surface area contributed by atoms with Crippen molar-refractivity contribution in [2.24, 2.45) is 11.1 Å². The number of hydrogen-bond acceptors (Lipinski definition) is 11. The summed E-state index contributed by atoms with van der Waals surface area (Å²) in [4.78, 5) is 61.7. The Morgan fingerprint density at radius 3 is 2.52 bits per heavy atom. The highest BCUT2D eigenvalue weighted by Crippen LogP contribution is 2.42. The second-order valence-corrected chi connectivity index (χ2v) is 8.42. The molecular formula is C17H20N4O9S. The summed E-state index contributed by atoms with van der Waals surface area (Å²) in [5.41, 5.74) is 2.76. The number of carbonyl (C=O) groups is 4. The Morgan fingerprint density at radius 2 is 2.06 bits per heavy atom. The maximum atomic E-state index is 12.9. The van der Waals surface area contributed by atoms with Gasteiger partial charge in [-0.1, -0.05) is 5.16 Å². The molecule has 168 valence electrons. The summed E-state index contributed by atoms with van der Waals surface area (Å²) >= 11 is 1.05. The molecule has 0 bridgehead atoms. The van der Waals surface area contributed by atoms with Gasteiger partial charge < -0.3 is 25.5 Å². The van der Waals surface area contributed by atoms with Crippen LogP contribution in [0.4, 0.5) is 5.13 Å². The predicted octanol–water partition coefficient (Wildman–Crippen LogP) is -0.488. The summed E-state index contributed by atoms with van der Waals surface area (Å²) in [5.74, 6) is -4.58. The second-order valence-electron chi connectivity index (χ2n) is 7.53. The summed E-state index contributed by atoms with van der Waals surface area (Å²) in [7, 11) is 0. The number of aromatic nitrogens is 1. The number of carboxylic acid groups (broad SMARTS) is 2. The molecule has 0 radical (unpaired) electrons. The Morgan fingerprint density at radius 1 is 1.39 bits per heavy atom. The molecule has 2 aliphatic heterocycles. The summed E-state index contributed by atoms with van der Waals surface area (Å²) in [6.07, 6.45) is -0.311. The van der Waals surface area contributed by atoms with Gasteiger partial charge in [0.15, 0.2) is 16.6 Å². The molecule has 1 amide bonds. The number of ether oxygens (including phenoxy) is 1. The Hall–Kier alpha value is -3.10. The van der Waals surface area contributed by atoms with E-state index in [0.29, 0.717) is 0 Å². The van der Waals surface area contributed by atoms with Gasteiger partial charge in [-0.25, -0.2) is 24.5 Å². The van der Waals surface area contributed by atoms with Gasteiger partial charge in [0.05, 0.1) is 24.7 Å². The number of ketones is 1. The molecule has 0 saturated carbocycles. The monoisotopic (exact) mass is 456 g/mol. The van der Waals surface area contributed by atoms with E-state index in [1.807, 2.05) is 0 Å². The number of thiazole rings is 1. The topological polar surface area (TPSA) is 191 Å². The van der Waals surface area contributed by atoms with E-state index in [1.54, 1.807) is 13.8 Å². The summed E-state index contributed by atoms with van der Waals surface area (Å²) in [6.45, 7) is 2.08. The van der Waals surface area contributed by atoms with Crippen LogP contribution in [-0.4, -0.2) is 80.6 Å². The van der Waals surface area contributed by atoms with Crippen LogP contribution >= 0.6 is 11.3 Å². The minimum absolute atomic E-state index is 0.0898. The molecule has 1 aromatic rings. The van der Waals surface area contributed by atoms with Gasteiger partial charge in [0.25, 0.3) is 5.91 Å². The number of oxime groups is 1. The third kappa shape index (κ3) is 4.22. The maximum absolute atomic E-state index is 12.9. The molecule has 2 fully saturated rings. The van der Waals surface area contributed by atoms with E-state index in [0.717, 1.165) is 16.4 Å². The van der Waals surface area contributed by atoms with Crippen molar-refractivity contribution in [2.45, 2.75) is 31.4 Å². The zero-order valence-electron chi connectivity index (χ0n) is 16.6. The summed E-state index contributed by atoms with van der Waals surface area (Å²) < 4.78 is 4.92. The average molecular weight is 456 g/mol. The van der Waals surface area contributed by atoms with E-state index in [9.17, 15) is 24.3 Å². The number of rotatable bonds is 10. The second kappa shape index (κ2) is 8.20. The molecule has 13 nitrogen and oxygen atoms in total. The van der Waals surface area contributed by atoms with Crippen LogP contribution in [0.3, 0.4) is 0 Å². The third-order valence-electron chi connectivity index (χ3n) is 4.96. The zero-order valence-corrected chi connectivity index (χ0v) is 17.4. The van der Waals surface area contributed by atoms with Gasteiger partial charge in [0.1, 0.15) is 5.69 Å². The van der Waals surface area contributed by atoms with Crippen LogP contribution in [0.2, 0.25) is 0 Å². The zero-order chi connectivity index (χ0) is 23.0. The number of nitrogens with zero attached hydrogens (tertiary/aromatic N) is 3. The summed E-state index contributed by atoms with van der Waals surface area (Å²) in [6, 6.07) is 0. The van der Waals surface area contributed by atoms with Gasteiger partial charge in [-0.2, -0.15) is 0 Å². The minimum atomic E-state index is -1.64. The van der Waals surface area contributed by atoms with Gasteiger partial charge >= 0.3 is 11.9 Å². The van der Waals surface area contributed by atoms with E-state index in [2.05, 4.69) is 15.0 Å². The Balaban J connectivity index is 1.74. The highest BCUT2D eigenvalue weighted by atomic mass is 32.1. The van der Waals surface area contributed by atoms with E-state index < -0.39 is 47.3 Å². The van der Waals surface area contributed by atoms with Crippen LogP contribution < -0.4 is 5.73 Å². The number of nitrogens with two attached hydrogens (primary N) is 1. The average Bonchev–Trinajstić information content (AvgIpc) is 3.07. The van der Waals surface area contributed by atoms with Crippen molar-refractivity contribution in [3.05, 3.63) is 11.1 Å². The quantitative estimate of drug-likeness (QED) is 0.234. The molecular weight excluding hydrogens is 436 g/mol. The molecule has 0 aliphatic carbocycles. The number of nitrogen functional groups attached to an aromatic ring is 1. The molecule has 3 heterocycles. The molecule has 1 atom stereocenters. The van der Waals surface area contributed by atoms with Crippen molar-refractivity contribution in [1.82, 2.24) is 10.0 Å². The molecule has 4 N–H and O–H groups in total.